The Morgan fingerprint density at radius 1 is 0.980 bits per heavy atom. The van der Waals surface area contributed by atoms with Crippen LogP contribution < -0.4 is 9.46 Å². The molecule has 8 rings (SSSR count). The molecule has 11 nitrogen and oxygen atoms in total. The number of methoxy groups -OCH3 is 1. The standard InChI is InChI=1S/C39H49N5O6S/c1-23-35-31-19-28(50-5)14-16-29(31)36-34(25-10-7-6-8-11-25)30-15-13-26(37(46)40-51(48,49)41(3)4)18-32(30)44(36)22-39(23,35)38(47)42-20-27-12-9-17-43(24(2)45)33(27)21-42/h13-16,18-19,23,25,27,33,35H,6-12,17,20-22H2,1-5H3,(H,40,46)/t23-,27?,33?,35-,39+/m0/s1. The Hall–Kier alpha value is -3.90. The molecule has 2 saturated heterocycles. The smallest absolute Gasteiger partial charge is 0.303 e. The van der Waals surface area contributed by atoms with E-state index in [1.807, 2.05) is 28.0 Å². The van der Waals surface area contributed by atoms with Crippen molar-refractivity contribution in [2.24, 2.45) is 17.3 Å². The number of hydrogen-bond donors (Lipinski definition) is 1. The Kier molecular flexibility index (Phi) is 8.29. The molecular formula is C39H49N5O6S. The van der Waals surface area contributed by atoms with Crippen molar-refractivity contribution in [2.45, 2.75) is 83.2 Å². The van der Waals surface area contributed by atoms with Gasteiger partial charge in [0.25, 0.3) is 5.91 Å². The van der Waals surface area contributed by atoms with Crippen LogP contribution in [0.4, 0.5) is 0 Å². The molecule has 2 unspecified atom stereocenters. The quantitative estimate of drug-likeness (QED) is 0.379. The van der Waals surface area contributed by atoms with Crippen molar-refractivity contribution >= 4 is 38.8 Å². The number of nitrogens with one attached hydrogen (secondary N) is 1. The second-order valence-electron chi connectivity index (χ2n) is 15.8. The number of benzene rings is 2. The lowest BCUT2D eigenvalue weighted by Gasteiger charge is -2.36. The van der Waals surface area contributed by atoms with Crippen LogP contribution in [0.1, 0.15) is 92.1 Å². The molecule has 0 radical (unpaired) electrons. The minimum atomic E-state index is -4.00. The van der Waals surface area contributed by atoms with Crippen LogP contribution in [-0.2, 0) is 26.3 Å². The van der Waals surface area contributed by atoms with E-state index in [0.717, 1.165) is 82.8 Å². The number of fused-ring (bicyclic) bond motifs is 8. The Balaban J connectivity index is 1.30. The number of hydrogen-bond acceptors (Lipinski definition) is 6. The number of likely N-dealkylation sites (tertiary alicyclic amines) is 2. The van der Waals surface area contributed by atoms with Gasteiger partial charge in [-0.2, -0.15) is 12.7 Å². The summed E-state index contributed by atoms with van der Waals surface area (Å²) in [7, 11) is 0.436. The van der Waals surface area contributed by atoms with Gasteiger partial charge >= 0.3 is 10.2 Å². The molecule has 3 amide bonds. The van der Waals surface area contributed by atoms with Gasteiger partial charge in [-0.15, -0.1) is 0 Å². The zero-order chi connectivity index (χ0) is 36.0. The molecule has 1 aromatic heterocycles. The highest BCUT2D eigenvalue weighted by molar-refractivity contribution is 7.87. The van der Waals surface area contributed by atoms with E-state index in [2.05, 4.69) is 28.3 Å². The summed E-state index contributed by atoms with van der Waals surface area (Å²) < 4.78 is 36.5. The van der Waals surface area contributed by atoms with E-state index in [1.165, 1.54) is 26.1 Å². The molecule has 12 heteroatoms. The molecule has 272 valence electrons. The van der Waals surface area contributed by atoms with Gasteiger partial charge in [0.1, 0.15) is 5.75 Å². The van der Waals surface area contributed by atoms with Crippen molar-refractivity contribution in [2.75, 3.05) is 40.8 Å². The third kappa shape index (κ3) is 5.30. The van der Waals surface area contributed by atoms with Crippen molar-refractivity contribution in [3.05, 3.63) is 53.1 Å². The highest BCUT2D eigenvalue weighted by Crippen LogP contribution is 2.70. The zero-order valence-electron chi connectivity index (χ0n) is 30.3. The third-order valence-electron chi connectivity index (χ3n) is 13.0. The first-order valence-corrected chi connectivity index (χ1v) is 20.0. The van der Waals surface area contributed by atoms with Gasteiger partial charge in [-0.1, -0.05) is 32.3 Å². The summed E-state index contributed by atoms with van der Waals surface area (Å²) in [5, 5.41) is 1.05. The highest BCUT2D eigenvalue weighted by atomic mass is 32.2. The molecule has 4 heterocycles. The molecule has 1 N–H and O–H groups in total. The fraction of sp³-hybridized carbons (Fsp3) is 0.564. The molecule has 2 saturated carbocycles. The van der Waals surface area contributed by atoms with E-state index >= 15 is 4.79 Å². The van der Waals surface area contributed by atoms with E-state index in [4.69, 9.17) is 4.74 Å². The number of rotatable bonds is 6. The maximum absolute atomic E-state index is 15.2. The molecule has 4 fully saturated rings. The lowest BCUT2D eigenvalue weighted by Crippen LogP contribution is -2.48. The van der Waals surface area contributed by atoms with E-state index in [-0.39, 0.29) is 41.2 Å². The van der Waals surface area contributed by atoms with Crippen LogP contribution in [-0.4, -0.2) is 91.7 Å². The Bertz CT molecular complexity index is 2050. The van der Waals surface area contributed by atoms with Gasteiger partial charge in [0, 0.05) is 75.1 Å². The predicted octanol–water partition coefficient (Wildman–Crippen LogP) is 5.10. The molecule has 0 spiro atoms. The summed E-state index contributed by atoms with van der Waals surface area (Å²) in [6, 6.07) is 11.8. The second kappa shape index (κ2) is 12.4. The monoisotopic (exact) mass is 715 g/mol. The maximum Gasteiger partial charge on any atom is 0.303 e. The molecule has 5 atom stereocenters. The SMILES string of the molecule is COc1ccc2c(c1)[C@@H]1[C@H](C)[C@]1(C(=O)N1CC3CCCN(C(C)=O)C3C1)Cn1c-2c(C2CCCCC2)c2ccc(C(=O)NS(=O)(=O)N(C)C)cc21. The summed E-state index contributed by atoms with van der Waals surface area (Å²) >= 11 is 0. The summed E-state index contributed by atoms with van der Waals surface area (Å²) in [5.74, 6) is 0.859. The minimum absolute atomic E-state index is 0.0347. The topological polar surface area (TPSA) is 121 Å². The van der Waals surface area contributed by atoms with Crippen LogP contribution in [0.3, 0.4) is 0 Å². The lowest BCUT2D eigenvalue weighted by molar-refractivity contribution is -0.138. The zero-order valence-corrected chi connectivity index (χ0v) is 31.1. The van der Waals surface area contributed by atoms with Crippen molar-refractivity contribution in [1.29, 1.82) is 0 Å². The molecule has 5 aliphatic rings. The average molecular weight is 716 g/mol. The molecule has 3 aliphatic heterocycles. The third-order valence-corrected chi connectivity index (χ3v) is 14.4. The van der Waals surface area contributed by atoms with Gasteiger partial charge in [-0.3, -0.25) is 14.4 Å². The number of nitrogens with zero attached hydrogens (tertiary/aromatic N) is 4. The second-order valence-corrected chi connectivity index (χ2v) is 17.7. The summed E-state index contributed by atoms with van der Waals surface area (Å²) in [6.07, 6.45) is 7.59. The molecule has 3 aromatic rings. The molecular weight excluding hydrogens is 667 g/mol. The van der Waals surface area contributed by atoms with Gasteiger partial charge in [0.2, 0.25) is 11.8 Å². The van der Waals surface area contributed by atoms with E-state index in [0.29, 0.717) is 25.6 Å². The first-order chi connectivity index (χ1) is 24.4. The Morgan fingerprint density at radius 2 is 1.75 bits per heavy atom. The summed E-state index contributed by atoms with van der Waals surface area (Å²) in [6.45, 7) is 6.19. The van der Waals surface area contributed by atoms with Crippen molar-refractivity contribution < 1.29 is 27.5 Å². The largest absolute Gasteiger partial charge is 0.497 e. The molecule has 0 bridgehead atoms. The number of amides is 3. The van der Waals surface area contributed by atoms with Crippen molar-refractivity contribution in [3.63, 3.8) is 0 Å². The summed E-state index contributed by atoms with van der Waals surface area (Å²) in [5.41, 5.74) is 4.91. The lowest BCUT2D eigenvalue weighted by atomic mass is 9.81. The van der Waals surface area contributed by atoms with Gasteiger partial charge in [-0.05, 0) is 84.9 Å². The van der Waals surface area contributed by atoms with E-state index < -0.39 is 21.5 Å². The van der Waals surface area contributed by atoms with Crippen LogP contribution in [0.25, 0.3) is 22.2 Å². The van der Waals surface area contributed by atoms with Gasteiger partial charge in [0.15, 0.2) is 0 Å². The van der Waals surface area contributed by atoms with Crippen LogP contribution in [0.2, 0.25) is 0 Å². The van der Waals surface area contributed by atoms with Crippen molar-refractivity contribution in [3.8, 4) is 17.0 Å². The number of piperidine rings is 1. The predicted molar refractivity (Wildman–Crippen MR) is 195 cm³/mol. The Labute approximate surface area is 300 Å². The first kappa shape index (κ1) is 34.2. The Morgan fingerprint density at radius 3 is 2.45 bits per heavy atom. The first-order valence-electron chi connectivity index (χ1n) is 18.5. The number of aromatic nitrogens is 1. The fourth-order valence-electron chi connectivity index (χ4n) is 10.3. The van der Waals surface area contributed by atoms with Crippen LogP contribution >= 0.6 is 0 Å². The number of carbonyl (C=O) groups is 3. The molecule has 2 aromatic carbocycles. The average Bonchev–Trinajstić information content (AvgIpc) is 3.36. The van der Waals surface area contributed by atoms with Gasteiger partial charge in [0.05, 0.1) is 24.3 Å². The van der Waals surface area contributed by atoms with Crippen LogP contribution in [0.5, 0.6) is 5.75 Å². The highest BCUT2D eigenvalue weighted by Gasteiger charge is 2.70. The summed E-state index contributed by atoms with van der Waals surface area (Å²) in [4.78, 5) is 45.3. The molecule has 51 heavy (non-hydrogen) atoms. The number of carbonyl (C=O) groups excluding carboxylic acids is 3. The fourth-order valence-corrected chi connectivity index (χ4v) is 10.8. The van der Waals surface area contributed by atoms with Crippen LogP contribution in [0, 0.1) is 17.3 Å². The number of ether oxygens (including phenoxy) is 1. The van der Waals surface area contributed by atoms with Crippen molar-refractivity contribution in [1.82, 2.24) is 23.4 Å². The van der Waals surface area contributed by atoms with E-state index in [1.54, 1.807) is 20.1 Å². The van der Waals surface area contributed by atoms with Gasteiger partial charge < -0.3 is 19.1 Å². The van der Waals surface area contributed by atoms with Gasteiger partial charge in [-0.25, -0.2) is 4.72 Å². The maximum atomic E-state index is 15.2. The molecule has 2 aliphatic carbocycles. The minimum Gasteiger partial charge on any atom is -0.497 e. The van der Waals surface area contributed by atoms with Crippen LogP contribution in [0.15, 0.2) is 36.4 Å². The normalized spacial score (nSPS) is 27.3. The van der Waals surface area contributed by atoms with E-state index in [9.17, 15) is 18.0 Å².